The molecule has 0 amide bonds. The maximum absolute atomic E-state index is 12.2. The first-order valence-electron chi connectivity index (χ1n) is 25.5. The Bertz CT molecular complexity index is 2360. The molecule has 75 heavy (non-hydrogen) atoms. The summed E-state index contributed by atoms with van der Waals surface area (Å²) in [6.45, 7) is 15.5. The van der Waals surface area contributed by atoms with Crippen LogP contribution in [0.25, 0.3) is 0 Å². The molecule has 0 aliphatic heterocycles. The topological polar surface area (TPSA) is 285 Å². The molecule has 1 aliphatic rings. The van der Waals surface area contributed by atoms with Crippen molar-refractivity contribution in [3.63, 3.8) is 0 Å². The molecule has 0 aromatic heterocycles. The van der Waals surface area contributed by atoms with Gasteiger partial charge in [0, 0.05) is 24.9 Å². The molecule has 4 atom stereocenters. The van der Waals surface area contributed by atoms with E-state index in [9.17, 15) is 48.6 Å². The standard InChI is InChI=1S/C26H32N2O8.C14H16O3.C10H10O4.C8H18/c1-3-13-27(21(25(33)34)17-5-9-19(10-6-17)23(29)30)15-16-28(14-4-2)22(26(35)36)18-7-11-20(12-8-18)24(31)32;1-9(13(15)11-3-2-4-11)10-5-7-12(8-6-10)14(16)17;1-6(9(11)12)7-2-4-8(5-3-7)10(13)14;1-4-5-6-7-8(2)3/h5-12,21-22H,3-4,13-16H2,1-2H3,(H,29,30)(H,31,32)(H,33,34)(H,35,36);5-9,11H,2-4H2,1H3,(H,16,17);2-6H,1H3,(H,11,12)(H,13,14);8H,4-7H2,1-3H3. The molecule has 0 heterocycles. The fourth-order valence-corrected chi connectivity index (χ4v) is 8.19. The van der Waals surface area contributed by atoms with E-state index < -0.39 is 59.8 Å². The van der Waals surface area contributed by atoms with Crippen LogP contribution in [0.3, 0.4) is 0 Å². The zero-order valence-corrected chi connectivity index (χ0v) is 44.2. The third-order valence-corrected chi connectivity index (χ3v) is 12.8. The smallest absolute Gasteiger partial charge is 0.335 e. The van der Waals surface area contributed by atoms with Gasteiger partial charge in [0.25, 0.3) is 0 Å². The van der Waals surface area contributed by atoms with Gasteiger partial charge in [0.15, 0.2) is 0 Å². The Morgan fingerprint density at radius 1 is 0.427 bits per heavy atom. The lowest BCUT2D eigenvalue weighted by Gasteiger charge is -2.34. The number of hydrogen-bond donors (Lipinski definition) is 7. The molecule has 1 aliphatic carbocycles. The molecular weight excluding hydrogens is 965 g/mol. The van der Waals surface area contributed by atoms with Crippen molar-refractivity contribution in [3.8, 4) is 0 Å². The summed E-state index contributed by atoms with van der Waals surface area (Å²) in [5.41, 5.74) is 2.90. The molecule has 1 fully saturated rings. The molecule has 4 aromatic rings. The normalized spacial score (nSPS) is 13.5. The zero-order valence-electron chi connectivity index (χ0n) is 44.2. The number of Topliss-reactive ketones (excluding diaryl/α,β-unsaturated/α-hetero) is 1. The highest BCUT2D eigenvalue weighted by Gasteiger charge is 2.32. The second-order valence-electron chi connectivity index (χ2n) is 19.0. The molecule has 7 N–H and O–H groups in total. The summed E-state index contributed by atoms with van der Waals surface area (Å²) < 4.78 is 0. The van der Waals surface area contributed by atoms with Gasteiger partial charge in [-0.2, -0.15) is 0 Å². The Balaban J connectivity index is 0.000000404. The summed E-state index contributed by atoms with van der Waals surface area (Å²) in [6, 6.07) is 21.8. The first kappa shape index (κ1) is 63.9. The highest BCUT2D eigenvalue weighted by molar-refractivity contribution is 5.91. The van der Waals surface area contributed by atoms with Crippen molar-refractivity contribution in [3.05, 3.63) is 142 Å². The van der Waals surface area contributed by atoms with Crippen molar-refractivity contribution in [2.24, 2.45) is 11.8 Å². The average Bonchev–Trinajstić information content (AvgIpc) is 3.35. The number of ketones is 1. The number of aliphatic carboxylic acids is 3. The third kappa shape index (κ3) is 21.3. The van der Waals surface area contributed by atoms with Crippen molar-refractivity contribution in [1.82, 2.24) is 9.80 Å². The van der Waals surface area contributed by atoms with Crippen LogP contribution >= 0.6 is 0 Å². The van der Waals surface area contributed by atoms with Crippen LogP contribution < -0.4 is 0 Å². The molecule has 17 heteroatoms. The van der Waals surface area contributed by atoms with Gasteiger partial charge in [0.1, 0.15) is 17.9 Å². The molecule has 4 unspecified atom stereocenters. The van der Waals surface area contributed by atoms with Crippen LogP contribution in [0.15, 0.2) is 97.1 Å². The zero-order chi connectivity index (χ0) is 56.4. The Hall–Kier alpha value is -7.24. The summed E-state index contributed by atoms with van der Waals surface area (Å²) >= 11 is 0. The number of hydrogen-bond acceptors (Lipinski definition) is 10. The van der Waals surface area contributed by atoms with E-state index >= 15 is 0 Å². The number of carbonyl (C=O) groups excluding carboxylic acids is 1. The first-order chi connectivity index (χ1) is 35.5. The van der Waals surface area contributed by atoms with Crippen LogP contribution in [0.1, 0.15) is 194 Å². The minimum Gasteiger partial charge on any atom is -0.481 e. The number of benzene rings is 4. The number of rotatable bonds is 26. The van der Waals surface area contributed by atoms with E-state index in [1.54, 1.807) is 41.0 Å². The summed E-state index contributed by atoms with van der Waals surface area (Å²) in [6.07, 6.45) is 10.1. The van der Waals surface area contributed by atoms with Gasteiger partial charge < -0.3 is 35.7 Å². The minimum atomic E-state index is -1.11. The van der Waals surface area contributed by atoms with E-state index in [4.69, 9.17) is 25.5 Å². The van der Waals surface area contributed by atoms with E-state index in [1.807, 2.05) is 20.8 Å². The van der Waals surface area contributed by atoms with Crippen LogP contribution in [0.2, 0.25) is 0 Å². The molecule has 1 saturated carbocycles. The third-order valence-electron chi connectivity index (χ3n) is 12.8. The Morgan fingerprint density at radius 3 is 0.987 bits per heavy atom. The molecule has 0 bridgehead atoms. The maximum atomic E-state index is 12.2. The maximum Gasteiger partial charge on any atom is 0.335 e. The quantitative estimate of drug-likeness (QED) is 0.0288. The van der Waals surface area contributed by atoms with Gasteiger partial charge in [0.05, 0.1) is 28.2 Å². The number of carboxylic acids is 7. The number of nitrogens with zero attached hydrogens (tertiary/aromatic N) is 2. The van der Waals surface area contributed by atoms with E-state index in [0.29, 0.717) is 48.4 Å². The average molecular weight is 1040 g/mol. The van der Waals surface area contributed by atoms with Gasteiger partial charge >= 0.3 is 41.8 Å². The summed E-state index contributed by atoms with van der Waals surface area (Å²) in [4.78, 5) is 94.2. The van der Waals surface area contributed by atoms with Crippen molar-refractivity contribution in [2.45, 2.75) is 130 Å². The Kier molecular flexibility index (Phi) is 28.0. The fraction of sp³-hybridized carbons (Fsp3) is 0.448. The van der Waals surface area contributed by atoms with E-state index in [2.05, 4.69) is 20.8 Å². The lowest BCUT2D eigenvalue weighted by atomic mass is 9.76. The molecule has 0 spiro atoms. The SMILES string of the molecule is CC(C(=O)C1CCC1)c1ccc(C(=O)O)cc1.CC(C(=O)O)c1ccc(C(=O)O)cc1.CCCCCC(C)C.CCCN(CCN(CCC)C(C(=O)O)c1ccc(C(=O)O)cc1)C(C(=O)O)c1ccc(C(=O)O)cc1. The minimum absolute atomic E-state index is 0.0530. The number of unbranched alkanes of at least 4 members (excludes halogenated alkanes) is 2. The van der Waals surface area contributed by atoms with Crippen LogP contribution in [0.5, 0.6) is 0 Å². The highest BCUT2D eigenvalue weighted by atomic mass is 16.4. The molecule has 4 aromatic carbocycles. The molecule has 0 saturated heterocycles. The lowest BCUT2D eigenvalue weighted by molar-refractivity contribution is -0.146. The van der Waals surface area contributed by atoms with Gasteiger partial charge in [-0.15, -0.1) is 0 Å². The van der Waals surface area contributed by atoms with E-state index in [0.717, 1.165) is 30.7 Å². The van der Waals surface area contributed by atoms with Gasteiger partial charge in [-0.25, -0.2) is 19.2 Å². The van der Waals surface area contributed by atoms with Crippen LogP contribution in [-0.2, 0) is 19.2 Å². The van der Waals surface area contributed by atoms with Gasteiger partial charge in [-0.1, -0.05) is 122 Å². The van der Waals surface area contributed by atoms with Crippen molar-refractivity contribution >= 4 is 47.6 Å². The second-order valence-corrected chi connectivity index (χ2v) is 19.0. The van der Waals surface area contributed by atoms with E-state index in [-0.39, 0.29) is 47.2 Å². The predicted molar refractivity (Wildman–Crippen MR) is 284 cm³/mol. The van der Waals surface area contributed by atoms with Gasteiger partial charge in [-0.05, 0) is 122 Å². The number of carboxylic acid groups (broad SMARTS) is 7. The largest absolute Gasteiger partial charge is 0.481 e. The molecule has 5 rings (SSSR count). The number of carbonyl (C=O) groups is 8. The molecule has 0 radical (unpaired) electrons. The summed E-state index contributed by atoms with van der Waals surface area (Å²) in [5.74, 6) is -6.58. The highest BCUT2D eigenvalue weighted by Crippen LogP contribution is 2.33. The second kappa shape index (κ2) is 32.8. The monoisotopic (exact) mass is 1040 g/mol. The van der Waals surface area contributed by atoms with Crippen molar-refractivity contribution in [1.29, 1.82) is 0 Å². The van der Waals surface area contributed by atoms with Gasteiger partial charge in [-0.3, -0.25) is 29.0 Å². The number of aromatic carboxylic acids is 4. The van der Waals surface area contributed by atoms with Crippen molar-refractivity contribution < 1.29 is 74.1 Å². The Morgan fingerprint density at radius 2 is 0.747 bits per heavy atom. The molecule has 17 nitrogen and oxygen atoms in total. The molecule has 408 valence electrons. The Labute approximate surface area is 439 Å². The predicted octanol–water partition coefficient (Wildman–Crippen LogP) is 11.1. The van der Waals surface area contributed by atoms with Crippen LogP contribution in [-0.4, -0.2) is 119 Å². The molecular formula is C58H76N2O15. The summed E-state index contributed by atoms with van der Waals surface area (Å²) in [5, 5.41) is 64.4. The van der Waals surface area contributed by atoms with Gasteiger partial charge in [0.2, 0.25) is 0 Å². The fourth-order valence-electron chi connectivity index (χ4n) is 8.19. The summed E-state index contributed by atoms with van der Waals surface area (Å²) in [7, 11) is 0. The van der Waals surface area contributed by atoms with E-state index in [1.165, 1.54) is 98.5 Å². The van der Waals surface area contributed by atoms with Crippen LogP contribution in [0.4, 0.5) is 0 Å². The first-order valence-corrected chi connectivity index (χ1v) is 25.5. The van der Waals surface area contributed by atoms with Crippen molar-refractivity contribution in [2.75, 3.05) is 26.2 Å². The lowest BCUT2D eigenvalue weighted by Crippen LogP contribution is -2.43. The van der Waals surface area contributed by atoms with Crippen LogP contribution in [0, 0.1) is 11.8 Å².